The number of aromatic nitrogens is 3. The molecule has 11 heteroatoms. The fraction of sp³-hybridized carbons (Fsp3) is 0.600. The van der Waals surface area contributed by atoms with Gasteiger partial charge in [-0.05, 0) is 58.2 Å². The Balaban J connectivity index is 1.28. The van der Waals surface area contributed by atoms with Crippen molar-refractivity contribution in [3.8, 4) is 6.07 Å². The van der Waals surface area contributed by atoms with Crippen LogP contribution in [0.2, 0.25) is 0 Å². The standard InChI is InChI=1S/C25H33N7O3S/c1-30-11-4-7-21(30)10-14-36(34,35)31-12-8-20(9-13-31)28-25-27-17-19-15-18(16-26)24(33)32(23(19)29-25)22-5-2-3-6-22/h10,14-15,17,20-22H,2-9,11-13H2,1H3,(H,27,28,29)/b14-10+. The maximum atomic E-state index is 13.0. The first-order valence-electron chi connectivity index (χ1n) is 12.8. The topological polar surface area (TPSA) is 124 Å². The summed E-state index contributed by atoms with van der Waals surface area (Å²) < 4.78 is 28.9. The molecular weight excluding hydrogens is 478 g/mol. The van der Waals surface area contributed by atoms with Crippen LogP contribution in [0.5, 0.6) is 0 Å². The number of piperidine rings is 1. The highest BCUT2D eigenvalue weighted by molar-refractivity contribution is 7.92. The number of likely N-dealkylation sites (tertiary alicyclic amines) is 1. The Morgan fingerprint density at radius 1 is 1.11 bits per heavy atom. The lowest BCUT2D eigenvalue weighted by Gasteiger charge is -2.31. The molecule has 1 unspecified atom stereocenters. The summed E-state index contributed by atoms with van der Waals surface area (Å²) >= 11 is 0. The van der Waals surface area contributed by atoms with Gasteiger partial charge < -0.3 is 5.32 Å². The van der Waals surface area contributed by atoms with Gasteiger partial charge >= 0.3 is 0 Å². The van der Waals surface area contributed by atoms with Gasteiger partial charge in [-0.1, -0.05) is 18.9 Å². The summed E-state index contributed by atoms with van der Waals surface area (Å²) in [5.41, 5.74) is 0.364. The van der Waals surface area contributed by atoms with Crippen molar-refractivity contribution in [1.82, 2.24) is 23.7 Å². The fourth-order valence-corrected chi connectivity index (χ4v) is 6.94. The van der Waals surface area contributed by atoms with E-state index in [0.717, 1.165) is 45.1 Å². The molecule has 3 fully saturated rings. The first-order chi connectivity index (χ1) is 17.4. The highest BCUT2D eigenvalue weighted by Gasteiger charge is 2.28. The second kappa shape index (κ2) is 10.3. The predicted octanol–water partition coefficient (Wildman–Crippen LogP) is 2.59. The zero-order chi connectivity index (χ0) is 25.3. The van der Waals surface area contributed by atoms with Crippen LogP contribution in [0, 0.1) is 11.3 Å². The number of nitrogens with zero attached hydrogens (tertiary/aromatic N) is 6. The van der Waals surface area contributed by atoms with E-state index in [0.29, 0.717) is 42.9 Å². The number of rotatable bonds is 6. The molecule has 0 amide bonds. The molecule has 10 nitrogen and oxygen atoms in total. The molecule has 0 radical (unpaired) electrons. The molecular formula is C25H33N7O3S. The number of nitriles is 1. The third kappa shape index (κ3) is 5.03. The fourth-order valence-electron chi connectivity index (χ4n) is 5.66. The SMILES string of the molecule is CN1CCCC1/C=C/S(=O)(=O)N1CCC(Nc2ncc3cc(C#N)c(=O)n(C4CCCC4)c3n2)CC1. The maximum absolute atomic E-state index is 13.0. The number of nitrogens with one attached hydrogen (secondary N) is 1. The van der Waals surface area contributed by atoms with Crippen molar-refractivity contribution in [1.29, 1.82) is 5.26 Å². The van der Waals surface area contributed by atoms with E-state index in [1.54, 1.807) is 21.1 Å². The molecule has 2 saturated heterocycles. The van der Waals surface area contributed by atoms with Crippen LogP contribution in [0.3, 0.4) is 0 Å². The number of pyridine rings is 1. The summed E-state index contributed by atoms with van der Waals surface area (Å²) in [4.78, 5) is 24.3. The van der Waals surface area contributed by atoms with Crippen LogP contribution in [-0.2, 0) is 10.0 Å². The quantitative estimate of drug-likeness (QED) is 0.628. The molecule has 2 aromatic heterocycles. The molecule has 2 aromatic rings. The first-order valence-corrected chi connectivity index (χ1v) is 14.3. The van der Waals surface area contributed by atoms with Crippen molar-refractivity contribution >= 4 is 27.0 Å². The third-order valence-corrected chi connectivity index (χ3v) is 9.37. The largest absolute Gasteiger partial charge is 0.351 e. The first kappa shape index (κ1) is 24.9. The minimum Gasteiger partial charge on any atom is -0.351 e. The van der Waals surface area contributed by atoms with Crippen LogP contribution in [0.15, 0.2) is 28.5 Å². The van der Waals surface area contributed by atoms with Crippen molar-refractivity contribution in [2.75, 3.05) is 32.0 Å². The minimum atomic E-state index is -3.44. The van der Waals surface area contributed by atoms with Gasteiger partial charge in [-0.2, -0.15) is 14.6 Å². The van der Waals surface area contributed by atoms with E-state index in [-0.39, 0.29) is 29.2 Å². The molecule has 3 aliphatic rings. The van der Waals surface area contributed by atoms with E-state index in [2.05, 4.69) is 20.2 Å². The normalized spacial score (nSPS) is 23.1. The van der Waals surface area contributed by atoms with Gasteiger partial charge in [0.2, 0.25) is 16.0 Å². The third-order valence-electron chi connectivity index (χ3n) is 7.78. The molecule has 1 aliphatic carbocycles. The van der Waals surface area contributed by atoms with Gasteiger partial charge in [-0.3, -0.25) is 14.3 Å². The van der Waals surface area contributed by atoms with Gasteiger partial charge in [-0.15, -0.1) is 0 Å². The molecule has 5 rings (SSSR count). The van der Waals surface area contributed by atoms with Gasteiger partial charge in [0.05, 0.1) is 0 Å². The average molecular weight is 512 g/mol. The Kier molecular flexibility index (Phi) is 7.10. The van der Waals surface area contributed by atoms with Crippen LogP contribution in [0.4, 0.5) is 5.95 Å². The van der Waals surface area contributed by atoms with Gasteiger partial charge in [0.15, 0.2) is 0 Å². The van der Waals surface area contributed by atoms with E-state index >= 15 is 0 Å². The van der Waals surface area contributed by atoms with Crippen LogP contribution in [-0.4, -0.2) is 70.9 Å². The van der Waals surface area contributed by atoms with Gasteiger partial charge in [0.25, 0.3) is 5.56 Å². The molecule has 192 valence electrons. The Morgan fingerprint density at radius 2 is 1.86 bits per heavy atom. The van der Waals surface area contributed by atoms with E-state index in [1.165, 1.54) is 5.41 Å². The van der Waals surface area contributed by atoms with E-state index in [4.69, 9.17) is 0 Å². The molecule has 0 aromatic carbocycles. The number of anilines is 1. The Bertz CT molecular complexity index is 1350. The van der Waals surface area contributed by atoms with Crippen molar-refractivity contribution in [3.63, 3.8) is 0 Å². The summed E-state index contributed by atoms with van der Waals surface area (Å²) in [6.45, 7) is 1.85. The minimum absolute atomic E-state index is 0.0314. The van der Waals surface area contributed by atoms with Crippen LogP contribution >= 0.6 is 0 Å². The number of sulfonamides is 1. The highest BCUT2D eigenvalue weighted by atomic mass is 32.2. The van der Waals surface area contributed by atoms with Crippen molar-refractivity contribution in [2.45, 2.75) is 69.5 Å². The molecule has 1 saturated carbocycles. The summed E-state index contributed by atoms with van der Waals surface area (Å²) in [7, 11) is -1.42. The van der Waals surface area contributed by atoms with Crippen LogP contribution < -0.4 is 10.9 Å². The van der Waals surface area contributed by atoms with Crippen molar-refractivity contribution < 1.29 is 8.42 Å². The van der Waals surface area contributed by atoms with E-state index in [1.807, 2.05) is 19.2 Å². The summed E-state index contributed by atoms with van der Waals surface area (Å²) in [5, 5.41) is 14.8. The molecule has 1 atom stereocenters. The summed E-state index contributed by atoms with van der Waals surface area (Å²) in [6, 6.07) is 3.84. The zero-order valence-electron chi connectivity index (χ0n) is 20.6. The molecule has 0 spiro atoms. The van der Waals surface area contributed by atoms with Crippen LogP contribution in [0.1, 0.15) is 63.0 Å². The van der Waals surface area contributed by atoms with Crippen molar-refractivity contribution in [2.24, 2.45) is 0 Å². The number of likely N-dealkylation sites (N-methyl/N-ethyl adjacent to an activating group) is 1. The van der Waals surface area contributed by atoms with E-state index in [9.17, 15) is 18.5 Å². The molecule has 1 N–H and O–H groups in total. The van der Waals surface area contributed by atoms with Crippen LogP contribution in [0.25, 0.3) is 11.0 Å². The Hall–Kier alpha value is -2.81. The van der Waals surface area contributed by atoms with Gasteiger partial charge in [-0.25, -0.2) is 13.4 Å². The van der Waals surface area contributed by atoms with Gasteiger partial charge in [0, 0.05) is 48.2 Å². The van der Waals surface area contributed by atoms with Gasteiger partial charge in [0.1, 0.15) is 17.3 Å². The smallest absolute Gasteiger partial charge is 0.270 e. The molecule has 36 heavy (non-hydrogen) atoms. The lowest BCUT2D eigenvalue weighted by Crippen LogP contribution is -2.42. The molecule has 0 bridgehead atoms. The van der Waals surface area contributed by atoms with E-state index < -0.39 is 10.0 Å². The Morgan fingerprint density at radius 3 is 2.53 bits per heavy atom. The molecule has 2 aliphatic heterocycles. The lowest BCUT2D eigenvalue weighted by molar-refractivity contribution is 0.332. The lowest BCUT2D eigenvalue weighted by atomic mass is 10.1. The van der Waals surface area contributed by atoms with Crippen molar-refractivity contribution in [3.05, 3.63) is 39.7 Å². The number of hydrogen-bond donors (Lipinski definition) is 1. The highest BCUT2D eigenvalue weighted by Crippen LogP contribution is 2.31. The summed E-state index contributed by atoms with van der Waals surface area (Å²) in [5.74, 6) is 0.420. The average Bonchev–Trinajstić information content (AvgIpc) is 3.55. The second-order valence-electron chi connectivity index (χ2n) is 10.1. The predicted molar refractivity (Wildman–Crippen MR) is 138 cm³/mol. The molecule has 4 heterocycles. The summed E-state index contributed by atoms with van der Waals surface area (Å²) in [6.07, 6.45) is 10.7. The number of fused-ring (bicyclic) bond motifs is 1. The second-order valence-corrected chi connectivity index (χ2v) is 12.0. The number of hydrogen-bond acceptors (Lipinski definition) is 8. The monoisotopic (exact) mass is 511 g/mol. The Labute approximate surface area is 211 Å². The zero-order valence-corrected chi connectivity index (χ0v) is 21.5. The maximum Gasteiger partial charge on any atom is 0.270 e.